The van der Waals surface area contributed by atoms with Crippen molar-refractivity contribution in [1.29, 1.82) is 5.41 Å². The van der Waals surface area contributed by atoms with Crippen LogP contribution in [0.15, 0.2) is 30.3 Å². The second-order valence-electron chi connectivity index (χ2n) is 3.82. The lowest BCUT2D eigenvalue weighted by Crippen LogP contribution is -2.37. The van der Waals surface area contributed by atoms with Crippen molar-refractivity contribution in [2.75, 3.05) is 0 Å². The Kier molecular flexibility index (Phi) is 4.05. The predicted octanol–water partition coefficient (Wildman–Crippen LogP) is 1.44. The highest BCUT2D eigenvalue weighted by Gasteiger charge is 2.17. The Balaban J connectivity index is 2.62. The maximum atomic E-state index is 11.6. The summed E-state index contributed by atoms with van der Waals surface area (Å²) in [6, 6.07) is 9.59. The average Bonchev–Trinajstić information content (AvgIpc) is 2.28. The summed E-state index contributed by atoms with van der Waals surface area (Å²) < 4.78 is 0. The third kappa shape index (κ3) is 3.08. The van der Waals surface area contributed by atoms with Crippen LogP contribution in [0.2, 0.25) is 0 Å². The lowest BCUT2D eigenvalue weighted by Gasteiger charge is -2.17. The van der Waals surface area contributed by atoms with Crippen LogP contribution in [0.3, 0.4) is 0 Å². The van der Waals surface area contributed by atoms with Crippen LogP contribution in [0.4, 0.5) is 0 Å². The first-order valence-corrected chi connectivity index (χ1v) is 5.21. The van der Waals surface area contributed by atoms with Gasteiger partial charge in [-0.1, -0.05) is 30.3 Å². The molecule has 0 aromatic heterocycles. The average molecular weight is 219 g/mol. The highest BCUT2D eigenvalue weighted by atomic mass is 16.1. The SMILES string of the molecule is C[C@@H](C(=N)N)C(=O)N[C@@H](C)c1ccccc1. The Labute approximate surface area is 95.4 Å². The van der Waals surface area contributed by atoms with Crippen molar-refractivity contribution in [2.45, 2.75) is 19.9 Å². The fourth-order valence-electron chi connectivity index (χ4n) is 1.30. The number of carbonyl (C=O) groups is 1. The highest BCUT2D eigenvalue weighted by molar-refractivity contribution is 6.00. The van der Waals surface area contributed by atoms with Crippen molar-refractivity contribution in [1.82, 2.24) is 5.32 Å². The molecular weight excluding hydrogens is 202 g/mol. The van der Waals surface area contributed by atoms with Gasteiger partial charge in [0.05, 0.1) is 12.0 Å². The minimum Gasteiger partial charge on any atom is -0.387 e. The van der Waals surface area contributed by atoms with Crippen LogP contribution in [-0.4, -0.2) is 11.7 Å². The van der Waals surface area contributed by atoms with E-state index in [4.69, 9.17) is 11.1 Å². The number of rotatable bonds is 4. The fraction of sp³-hybridized carbons (Fsp3) is 0.333. The molecule has 0 radical (unpaired) electrons. The van der Waals surface area contributed by atoms with Gasteiger partial charge < -0.3 is 11.1 Å². The topological polar surface area (TPSA) is 79.0 Å². The number of nitrogens with two attached hydrogens (primary N) is 1. The Morgan fingerprint density at radius 2 is 1.88 bits per heavy atom. The summed E-state index contributed by atoms with van der Waals surface area (Å²) in [5.41, 5.74) is 6.31. The fourth-order valence-corrected chi connectivity index (χ4v) is 1.30. The van der Waals surface area contributed by atoms with Gasteiger partial charge >= 0.3 is 0 Å². The molecular formula is C12H17N3O. The van der Waals surface area contributed by atoms with Gasteiger partial charge in [-0.05, 0) is 19.4 Å². The lowest BCUT2D eigenvalue weighted by atomic mass is 10.1. The Bertz CT molecular complexity index is 375. The zero-order chi connectivity index (χ0) is 12.1. The zero-order valence-electron chi connectivity index (χ0n) is 9.53. The van der Waals surface area contributed by atoms with Crippen LogP contribution in [0, 0.1) is 11.3 Å². The quantitative estimate of drug-likeness (QED) is 0.529. The second-order valence-corrected chi connectivity index (χ2v) is 3.82. The van der Waals surface area contributed by atoms with Gasteiger partial charge in [0.2, 0.25) is 5.91 Å². The molecule has 4 N–H and O–H groups in total. The molecule has 0 aliphatic heterocycles. The number of hydrogen-bond acceptors (Lipinski definition) is 2. The Morgan fingerprint density at radius 3 is 2.38 bits per heavy atom. The molecule has 1 aromatic carbocycles. The van der Waals surface area contributed by atoms with E-state index in [1.165, 1.54) is 0 Å². The van der Waals surface area contributed by atoms with E-state index in [9.17, 15) is 4.79 Å². The van der Waals surface area contributed by atoms with Crippen molar-refractivity contribution in [2.24, 2.45) is 11.7 Å². The third-order valence-electron chi connectivity index (χ3n) is 2.52. The van der Waals surface area contributed by atoms with E-state index in [0.29, 0.717) is 0 Å². The molecule has 0 spiro atoms. The molecule has 1 aromatic rings. The Morgan fingerprint density at radius 1 is 1.31 bits per heavy atom. The molecule has 2 atom stereocenters. The molecule has 86 valence electrons. The normalized spacial score (nSPS) is 13.9. The van der Waals surface area contributed by atoms with Gasteiger partial charge in [-0.25, -0.2) is 0 Å². The van der Waals surface area contributed by atoms with Crippen molar-refractivity contribution >= 4 is 11.7 Å². The predicted molar refractivity (Wildman–Crippen MR) is 64.1 cm³/mol. The van der Waals surface area contributed by atoms with E-state index < -0.39 is 5.92 Å². The number of amidine groups is 1. The van der Waals surface area contributed by atoms with Crippen LogP contribution in [0.1, 0.15) is 25.5 Å². The van der Waals surface area contributed by atoms with E-state index in [-0.39, 0.29) is 17.8 Å². The molecule has 4 heteroatoms. The third-order valence-corrected chi connectivity index (χ3v) is 2.52. The molecule has 1 rings (SSSR count). The van der Waals surface area contributed by atoms with Crippen molar-refractivity contribution < 1.29 is 4.79 Å². The standard InChI is InChI=1S/C12H17N3O/c1-8(11(13)14)12(16)15-9(2)10-6-4-3-5-7-10/h3-9H,1-2H3,(H3,13,14)(H,15,16)/t8-,9-/m0/s1. The first-order chi connectivity index (χ1) is 7.52. The van der Waals surface area contributed by atoms with Crippen molar-refractivity contribution in [3.63, 3.8) is 0 Å². The van der Waals surface area contributed by atoms with Gasteiger partial charge in [-0.15, -0.1) is 0 Å². The minimum atomic E-state index is -0.578. The molecule has 0 aliphatic rings. The van der Waals surface area contributed by atoms with Crippen LogP contribution in [0.5, 0.6) is 0 Å². The summed E-state index contributed by atoms with van der Waals surface area (Å²) in [6.45, 7) is 3.52. The van der Waals surface area contributed by atoms with Gasteiger partial charge in [-0.2, -0.15) is 0 Å². The number of amides is 1. The van der Waals surface area contributed by atoms with E-state index in [1.807, 2.05) is 37.3 Å². The van der Waals surface area contributed by atoms with Gasteiger partial charge in [0, 0.05) is 0 Å². The minimum absolute atomic E-state index is 0.0736. The summed E-state index contributed by atoms with van der Waals surface area (Å²) in [7, 11) is 0. The maximum Gasteiger partial charge on any atom is 0.230 e. The van der Waals surface area contributed by atoms with E-state index >= 15 is 0 Å². The number of hydrogen-bond donors (Lipinski definition) is 3. The van der Waals surface area contributed by atoms with Gasteiger partial charge in [-0.3, -0.25) is 10.2 Å². The molecule has 0 bridgehead atoms. The molecule has 0 saturated heterocycles. The van der Waals surface area contributed by atoms with Crippen LogP contribution in [0.25, 0.3) is 0 Å². The van der Waals surface area contributed by atoms with Crippen molar-refractivity contribution in [3.05, 3.63) is 35.9 Å². The van der Waals surface area contributed by atoms with Crippen LogP contribution in [-0.2, 0) is 4.79 Å². The molecule has 0 fully saturated rings. The van der Waals surface area contributed by atoms with E-state index in [2.05, 4.69) is 5.32 Å². The van der Waals surface area contributed by atoms with Crippen LogP contribution < -0.4 is 11.1 Å². The highest BCUT2D eigenvalue weighted by Crippen LogP contribution is 2.11. The summed E-state index contributed by atoms with van der Waals surface area (Å²) in [6.07, 6.45) is 0. The lowest BCUT2D eigenvalue weighted by molar-refractivity contribution is -0.123. The summed E-state index contributed by atoms with van der Waals surface area (Å²) in [5, 5.41) is 10.0. The largest absolute Gasteiger partial charge is 0.387 e. The Hall–Kier alpha value is -1.84. The molecule has 1 amide bonds. The number of nitrogens with one attached hydrogen (secondary N) is 2. The first kappa shape index (κ1) is 12.2. The first-order valence-electron chi connectivity index (χ1n) is 5.21. The van der Waals surface area contributed by atoms with Gasteiger partial charge in [0.15, 0.2) is 0 Å². The summed E-state index contributed by atoms with van der Waals surface area (Å²) in [5.74, 6) is -0.909. The van der Waals surface area contributed by atoms with Crippen molar-refractivity contribution in [3.8, 4) is 0 Å². The molecule has 0 heterocycles. The molecule has 4 nitrogen and oxygen atoms in total. The van der Waals surface area contributed by atoms with Gasteiger partial charge in [0.25, 0.3) is 0 Å². The summed E-state index contributed by atoms with van der Waals surface area (Å²) in [4.78, 5) is 11.6. The number of benzene rings is 1. The second kappa shape index (κ2) is 5.30. The molecule has 0 aliphatic carbocycles. The zero-order valence-corrected chi connectivity index (χ0v) is 9.53. The molecule has 16 heavy (non-hydrogen) atoms. The number of carbonyl (C=O) groups excluding carboxylic acids is 1. The molecule has 0 saturated carbocycles. The summed E-state index contributed by atoms with van der Waals surface area (Å²) >= 11 is 0. The maximum absolute atomic E-state index is 11.6. The smallest absolute Gasteiger partial charge is 0.230 e. The van der Waals surface area contributed by atoms with E-state index in [0.717, 1.165) is 5.56 Å². The van der Waals surface area contributed by atoms with Crippen LogP contribution >= 0.6 is 0 Å². The van der Waals surface area contributed by atoms with Gasteiger partial charge in [0.1, 0.15) is 5.84 Å². The van der Waals surface area contributed by atoms with E-state index in [1.54, 1.807) is 6.92 Å². The molecule has 0 unspecified atom stereocenters. The monoisotopic (exact) mass is 219 g/mol.